The summed E-state index contributed by atoms with van der Waals surface area (Å²) in [5.74, 6) is 0.496. The molecule has 0 heterocycles. The van der Waals surface area contributed by atoms with E-state index >= 15 is 0 Å². The highest BCUT2D eigenvalue weighted by Gasteiger charge is 2.10. The number of carbonyl (C=O) groups excluding carboxylic acids is 1. The van der Waals surface area contributed by atoms with Gasteiger partial charge in [-0.1, -0.05) is 15.9 Å². The van der Waals surface area contributed by atoms with Crippen molar-refractivity contribution in [3.8, 4) is 11.8 Å². The number of nitrogens with one attached hydrogen (secondary N) is 2. The van der Waals surface area contributed by atoms with Gasteiger partial charge in [-0.15, -0.1) is 0 Å². The van der Waals surface area contributed by atoms with Gasteiger partial charge in [0.2, 0.25) is 0 Å². The SMILES string of the molecule is CNCc1cc(Br)cc(C)c1OCC(=O)NCCC#N. The molecule has 0 saturated heterocycles. The minimum absolute atomic E-state index is 0.0510. The van der Waals surface area contributed by atoms with E-state index < -0.39 is 0 Å². The minimum atomic E-state index is -0.224. The van der Waals surface area contributed by atoms with Gasteiger partial charge >= 0.3 is 0 Å². The van der Waals surface area contributed by atoms with E-state index in [4.69, 9.17) is 10.00 Å². The maximum Gasteiger partial charge on any atom is 0.257 e. The van der Waals surface area contributed by atoms with E-state index in [0.717, 1.165) is 21.3 Å². The lowest BCUT2D eigenvalue weighted by Crippen LogP contribution is -2.29. The van der Waals surface area contributed by atoms with Crippen LogP contribution in [-0.4, -0.2) is 26.1 Å². The molecule has 0 saturated carbocycles. The summed E-state index contributed by atoms with van der Waals surface area (Å²) in [6.45, 7) is 2.89. The molecule has 0 bridgehead atoms. The summed E-state index contributed by atoms with van der Waals surface area (Å²) in [5, 5.41) is 14.1. The Kier molecular flexibility index (Phi) is 7.05. The van der Waals surface area contributed by atoms with Gasteiger partial charge < -0.3 is 15.4 Å². The number of amides is 1. The number of rotatable bonds is 7. The first kappa shape index (κ1) is 16.5. The smallest absolute Gasteiger partial charge is 0.257 e. The van der Waals surface area contributed by atoms with Gasteiger partial charge in [-0.05, 0) is 31.7 Å². The Morgan fingerprint density at radius 3 is 2.90 bits per heavy atom. The average Bonchev–Trinajstić information content (AvgIpc) is 2.38. The molecule has 1 rings (SSSR count). The van der Waals surface area contributed by atoms with Crippen LogP contribution in [0.25, 0.3) is 0 Å². The molecule has 108 valence electrons. The molecule has 0 aromatic heterocycles. The van der Waals surface area contributed by atoms with E-state index in [-0.39, 0.29) is 12.5 Å². The van der Waals surface area contributed by atoms with E-state index in [9.17, 15) is 4.79 Å². The number of aryl methyl sites for hydroxylation is 1. The molecule has 0 atom stereocenters. The zero-order valence-electron chi connectivity index (χ0n) is 11.6. The highest BCUT2D eigenvalue weighted by Crippen LogP contribution is 2.28. The fourth-order valence-corrected chi connectivity index (χ4v) is 2.39. The number of ether oxygens (including phenoxy) is 1. The molecular formula is C14H18BrN3O2. The summed E-state index contributed by atoms with van der Waals surface area (Å²) >= 11 is 3.45. The summed E-state index contributed by atoms with van der Waals surface area (Å²) in [6, 6.07) is 5.88. The van der Waals surface area contributed by atoms with Gasteiger partial charge in [0.15, 0.2) is 6.61 Å². The second kappa shape index (κ2) is 8.56. The summed E-state index contributed by atoms with van der Waals surface area (Å²) < 4.78 is 6.59. The summed E-state index contributed by atoms with van der Waals surface area (Å²) in [6.07, 6.45) is 0.300. The third-order valence-corrected chi connectivity index (χ3v) is 3.05. The van der Waals surface area contributed by atoms with Gasteiger partial charge in [-0.25, -0.2) is 0 Å². The summed E-state index contributed by atoms with van der Waals surface area (Å²) in [5.41, 5.74) is 1.96. The van der Waals surface area contributed by atoms with Gasteiger partial charge in [0.05, 0.1) is 12.5 Å². The number of carbonyl (C=O) groups is 1. The van der Waals surface area contributed by atoms with Crippen molar-refractivity contribution in [1.29, 1.82) is 5.26 Å². The fraction of sp³-hybridized carbons (Fsp3) is 0.429. The molecule has 0 aliphatic rings. The van der Waals surface area contributed by atoms with Crippen LogP contribution in [0.1, 0.15) is 17.5 Å². The van der Waals surface area contributed by atoms with E-state index in [1.165, 1.54) is 0 Å². The van der Waals surface area contributed by atoms with Crippen molar-refractivity contribution in [3.63, 3.8) is 0 Å². The quantitative estimate of drug-likeness (QED) is 0.744. The van der Waals surface area contributed by atoms with Crippen LogP contribution in [0, 0.1) is 18.3 Å². The van der Waals surface area contributed by atoms with Crippen LogP contribution in [0.2, 0.25) is 0 Å². The molecule has 1 aromatic carbocycles. The Hall–Kier alpha value is -1.58. The number of nitrogens with zero attached hydrogens (tertiary/aromatic N) is 1. The number of hydrogen-bond donors (Lipinski definition) is 2. The lowest BCUT2D eigenvalue weighted by atomic mass is 10.1. The molecule has 1 amide bonds. The van der Waals surface area contributed by atoms with Crippen molar-refractivity contribution < 1.29 is 9.53 Å². The van der Waals surface area contributed by atoms with Gasteiger partial charge in [-0.3, -0.25) is 4.79 Å². The highest BCUT2D eigenvalue weighted by atomic mass is 79.9. The Morgan fingerprint density at radius 1 is 1.50 bits per heavy atom. The molecule has 5 nitrogen and oxygen atoms in total. The number of nitriles is 1. The van der Waals surface area contributed by atoms with Crippen LogP contribution in [0.3, 0.4) is 0 Å². The van der Waals surface area contributed by atoms with Crippen LogP contribution >= 0.6 is 15.9 Å². The summed E-state index contributed by atoms with van der Waals surface area (Å²) in [4.78, 5) is 11.6. The fourth-order valence-electron chi connectivity index (χ4n) is 1.77. The lowest BCUT2D eigenvalue weighted by Gasteiger charge is -2.14. The second-order valence-corrected chi connectivity index (χ2v) is 5.20. The molecule has 0 aliphatic carbocycles. The first-order valence-electron chi connectivity index (χ1n) is 6.28. The molecule has 0 unspecified atom stereocenters. The van der Waals surface area contributed by atoms with Gasteiger partial charge in [0.1, 0.15) is 5.75 Å². The molecule has 0 aliphatic heterocycles. The zero-order valence-corrected chi connectivity index (χ0v) is 13.2. The Morgan fingerprint density at radius 2 is 2.25 bits per heavy atom. The van der Waals surface area contributed by atoms with Crippen molar-refractivity contribution >= 4 is 21.8 Å². The number of benzene rings is 1. The lowest BCUT2D eigenvalue weighted by molar-refractivity contribution is -0.123. The van der Waals surface area contributed by atoms with Crippen molar-refractivity contribution in [3.05, 3.63) is 27.7 Å². The largest absolute Gasteiger partial charge is 0.483 e. The predicted octanol–water partition coefficient (Wildman–Crippen LogP) is 1.89. The van der Waals surface area contributed by atoms with Gasteiger partial charge in [0, 0.05) is 23.1 Å². The van der Waals surface area contributed by atoms with Gasteiger partial charge in [-0.2, -0.15) is 5.26 Å². The normalized spacial score (nSPS) is 9.90. The van der Waals surface area contributed by atoms with Crippen LogP contribution < -0.4 is 15.4 Å². The second-order valence-electron chi connectivity index (χ2n) is 4.29. The number of halogens is 1. The third-order valence-electron chi connectivity index (χ3n) is 2.59. The van der Waals surface area contributed by atoms with Crippen molar-refractivity contribution in [2.45, 2.75) is 19.9 Å². The minimum Gasteiger partial charge on any atom is -0.483 e. The van der Waals surface area contributed by atoms with E-state index in [0.29, 0.717) is 19.5 Å². The third kappa shape index (κ3) is 5.19. The van der Waals surface area contributed by atoms with Crippen molar-refractivity contribution in [1.82, 2.24) is 10.6 Å². The van der Waals surface area contributed by atoms with Crippen molar-refractivity contribution in [2.24, 2.45) is 0 Å². The molecule has 20 heavy (non-hydrogen) atoms. The highest BCUT2D eigenvalue weighted by molar-refractivity contribution is 9.10. The van der Waals surface area contributed by atoms with Gasteiger partial charge in [0.25, 0.3) is 5.91 Å². The molecule has 1 aromatic rings. The van der Waals surface area contributed by atoms with Crippen LogP contribution in [-0.2, 0) is 11.3 Å². The van der Waals surface area contributed by atoms with E-state index in [1.54, 1.807) is 0 Å². The molecule has 6 heteroatoms. The monoisotopic (exact) mass is 339 g/mol. The Labute approximate surface area is 127 Å². The maximum atomic E-state index is 11.6. The Balaban J connectivity index is 2.67. The first-order valence-corrected chi connectivity index (χ1v) is 7.07. The number of hydrogen-bond acceptors (Lipinski definition) is 4. The topological polar surface area (TPSA) is 74.2 Å². The first-order chi connectivity index (χ1) is 9.58. The Bertz CT molecular complexity index is 512. The van der Waals surface area contributed by atoms with Crippen molar-refractivity contribution in [2.75, 3.05) is 20.2 Å². The average molecular weight is 340 g/mol. The molecular weight excluding hydrogens is 322 g/mol. The van der Waals surface area contributed by atoms with Crippen LogP contribution in [0.5, 0.6) is 5.75 Å². The molecule has 0 fully saturated rings. The predicted molar refractivity (Wildman–Crippen MR) is 80.4 cm³/mol. The maximum absolute atomic E-state index is 11.6. The van der Waals surface area contributed by atoms with Crippen LogP contribution in [0.4, 0.5) is 0 Å². The van der Waals surface area contributed by atoms with E-state index in [2.05, 4.69) is 26.6 Å². The molecule has 0 radical (unpaired) electrons. The molecule has 2 N–H and O–H groups in total. The van der Waals surface area contributed by atoms with Crippen LogP contribution in [0.15, 0.2) is 16.6 Å². The zero-order chi connectivity index (χ0) is 15.0. The molecule has 0 spiro atoms. The standard InChI is InChI=1S/C14H18BrN3O2/c1-10-6-12(15)7-11(8-17-2)14(10)20-9-13(19)18-5-3-4-16/h6-7,17H,3,5,8-9H2,1-2H3,(H,18,19). The summed E-state index contributed by atoms with van der Waals surface area (Å²) in [7, 11) is 1.86. The van der Waals surface area contributed by atoms with E-state index in [1.807, 2.05) is 32.2 Å².